The third-order valence-corrected chi connectivity index (χ3v) is 2.25. The average Bonchev–Trinajstić information content (AvgIpc) is 1.76. The highest BCUT2D eigenvalue weighted by Gasteiger charge is 2.30. The monoisotopic (exact) mass is 86.1 g/mol. The Kier molecular flexibility index (Phi) is 0.441. The summed E-state index contributed by atoms with van der Waals surface area (Å²) in [6.45, 7) is 2.36. The van der Waals surface area contributed by atoms with Gasteiger partial charge in [-0.3, -0.25) is 0 Å². The molecule has 0 saturated heterocycles. The second-order valence-corrected chi connectivity index (χ2v) is 5.08. The van der Waals surface area contributed by atoms with Crippen LogP contribution in [0.3, 0.4) is 0 Å². The predicted octanol–water partition coefficient (Wildman–Crippen LogP) is 0.324. The van der Waals surface area contributed by atoms with Gasteiger partial charge in [0, 0.05) is 10.2 Å². The van der Waals surface area contributed by atoms with Crippen molar-refractivity contribution in [3.05, 3.63) is 0 Å². The minimum atomic E-state index is 0.889. The first-order valence-electron chi connectivity index (χ1n) is 2.21. The van der Waals surface area contributed by atoms with Crippen LogP contribution in [0.15, 0.2) is 0 Å². The van der Waals surface area contributed by atoms with Crippen molar-refractivity contribution < 1.29 is 0 Å². The molecule has 0 nitrogen and oxygen atoms in total. The zero-order valence-corrected chi connectivity index (χ0v) is 5.91. The molecule has 0 aromatic heterocycles. The maximum Gasteiger partial charge on any atom is 0.0103 e. The van der Waals surface area contributed by atoms with Crippen molar-refractivity contribution in [1.29, 1.82) is 0 Å². The van der Waals surface area contributed by atoms with Crippen LogP contribution < -0.4 is 0 Å². The van der Waals surface area contributed by atoms with E-state index < -0.39 is 0 Å². The summed E-state index contributed by atoms with van der Waals surface area (Å²) in [6.07, 6.45) is 3.03. The van der Waals surface area contributed by atoms with Gasteiger partial charge in [-0.05, 0) is 5.04 Å². The van der Waals surface area contributed by atoms with Gasteiger partial charge < -0.3 is 0 Å². The third kappa shape index (κ3) is 0.761. The lowest BCUT2D eigenvalue weighted by Gasteiger charge is -1.85. The first-order chi connectivity index (χ1) is 2.21. The molecule has 0 heterocycles. The summed E-state index contributed by atoms with van der Waals surface area (Å²) in [5.74, 6) is 0. The standard InChI is InChI=1S/C4H10Si/c1-4(5)2-3-4/h2-3H2,1,5H3. The topological polar surface area (TPSA) is 0 Å². The van der Waals surface area contributed by atoms with Gasteiger partial charge >= 0.3 is 0 Å². The van der Waals surface area contributed by atoms with Crippen LogP contribution in [0.2, 0.25) is 5.04 Å². The first-order valence-corrected chi connectivity index (χ1v) is 3.21. The molecule has 0 unspecified atom stereocenters. The number of hydrogen-bond donors (Lipinski definition) is 0. The van der Waals surface area contributed by atoms with Gasteiger partial charge in [0.2, 0.25) is 0 Å². The second-order valence-electron chi connectivity index (χ2n) is 2.66. The predicted molar refractivity (Wildman–Crippen MR) is 27.5 cm³/mol. The Balaban J connectivity index is 2.38. The summed E-state index contributed by atoms with van der Waals surface area (Å²) in [5, 5.41) is 0.889. The van der Waals surface area contributed by atoms with Gasteiger partial charge in [-0.2, -0.15) is 0 Å². The van der Waals surface area contributed by atoms with Crippen LogP contribution in [0.5, 0.6) is 0 Å². The molecule has 0 atom stereocenters. The van der Waals surface area contributed by atoms with Crippen LogP contribution in [0, 0.1) is 0 Å². The lowest BCUT2D eigenvalue weighted by atomic mass is 10.5. The number of hydrogen-bond acceptors (Lipinski definition) is 0. The van der Waals surface area contributed by atoms with Crippen molar-refractivity contribution in [2.24, 2.45) is 0 Å². The summed E-state index contributed by atoms with van der Waals surface area (Å²) >= 11 is 0. The molecule has 1 fully saturated rings. The molecular formula is C4H10Si. The molecule has 1 rings (SSSR count). The Morgan fingerprint density at radius 3 is 1.80 bits per heavy atom. The summed E-state index contributed by atoms with van der Waals surface area (Å²) in [4.78, 5) is 0. The van der Waals surface area contributed by atoms with Crippen molar-refractivity contribution in [2.75, 3.05) is 0 Å². The Labute approximate surface area is 36.0 Å². The Morgan fingerprint density at radius 1 is 1.60 bits per heavy atom. The van der Waals surface area contributed by atoms with Gasteiger partial charge in [-0.15, -0.1) is 0 Å². The van der Waals surface area contributed by atoms with Gasteiger partial charge in [0.05, 0.1) is 0 Å². The van der Waals surface area contributed by atoms with E-state index in [0.29, 0.717) is 0 Å². The Hall–Kier alpha value is 0.217. The van der Waals surface area contributed by atoms with E-state index in [1.807, 2.05) is 0 Å². The molecule has 0 aromatic carbocycles. The highest BCUT2D eigenvalue weighted by Crippen LogP contribution is 2.49. The summed E-state index contributed by atoms with van der Waals surface area (Å²) in [6, 6.07) is 0. The molecule has 0 amide bonds. The van der Waals surface area contributed by atoms with E-state index in [2.05, 4.69) is 6.92 Å². The van der Waals surface area contributed by atoms with E-state index in [1.54, 1.807) is 0 Å². The molecule has 0 radical (unpaired) electrons. The molecule has 1 heteroatoms. The highest BCUT2D eigenvalue weighted by molar-refractivity contribution is 6.16. The molecule has 30 valence electrons. The van der Waals surface area contributed by atoms with E-state index in [4.69, 9.17) is 0 Å². The molecule has 1 aliphatic carbocycles. The van der Waals surface area contributed by atoms with Crippen molar-refractivity contribution in [1.82, 2.24) is 0 Å². The van der Waals surface area contributed by atoms with Crippen LogP contribution in [0.4, 0.5) is 0 Å². The highest BCUT2D eigenvalue weighted by atomic mass is 28.1. The number of rotatable bonds is 0. The fourth-order valence-electron chi connectivity index (χ4n) is 0.250. The lowest BCUT2D eigenvalue weighted by molar-refractivity contribution is 1.01. The Bertz CT molecular complexity index is 41.6. The summed E-state index contributed by atoms with van der Waals surface area (Å²) < 4.78 is 0. The zero-order chi connectivity index (χ0) is 3.91. The minimum Gasteiger partial charge on any atom is -0.0630 e. The Morgan fingerprint density at radius 2 is 1.80 bits per heavy atom. The molecule has 1 saturated carbocycles. The summed E-state index contributed by atoms with van der Waals surface area (Å²) in [7, 11) is 1.42. The molecular weight excluding hydrogens is 76.1 g/mol. The van der Waals surface area contributed by atoms with E-state index in [1.165, 1.54) is 23.1 Å². The van der Waals surface area contributed by atoms with Gasteiger partial charge in [0.1, 0.15) is 0 Å². The normalized spacial score (nSPS) is 30.6. The maximum absolute atomic E-state index is 2.36. The molecule has 0 bridgehead atoms. The minimum absolute atomic E-state index is 0.889. The second kappa shape index (κ2) is 0.646. The van der Waals surface area contributed by atoms with E-state index in [-0.39, 0.29) is 0 Å². The fourth-order valence-corrected chi connectivity index (χ4v) is 0.500. The molecule has 1 aliphatic rings. The quantitative estimate of drug-likeness (QED) is 0.373. The van der Waals surface area contributed by atoms with Gasteiger partial charge in [0.25, 0.3) is 0 Å². The molecule has 0 spiro atoms. The lowest BCUT2D eigenvalue weighted by Crippen LogP contribution is -1.74. The van der Waals surface area contributed by atoms with Crippen LogP contribution in [-0.4, -0.2) is 10.2 Å². The largest absolute Gasteiger partial charge is 0.0630 e. The molecule has 5 heavy (non-hydrogen) atoms. The smallest absolute Gasteiger partial charge is 0.0103 e. The SMILES string of the molecule is CC1([SiH3])CC1. The van der Waals surface area contributed by atoms with Crippen molar-refractivity contribution in [2.45, 2.75) is 24.8 Å². The molecule has 0 aliphatic heterocycles. The van der Waals surface area contributed by atoms with Crippen molar-refractivity contribution in [3.63, 3.8) is 0 Å². The van der Waals surface area contributed by atoms with E-state index >= 15 is 0 Å². The van der Waals surface area contributed by atoms with Crippen molar-refractivity contribution in [3.8, 4) is 0 Å². The summed E-state index contributed by atoms with van der Waals surface area (Å²) in [5.41, 5.74) is 0. The zero-order valence-electron chi connectivity index (χ0n) is 3.91. The van der Waals surface area contributed by atoms with E-state index in [9.17, 15) is 0 Å². The van der Waals surface area contributed by atoms with Crippen LogP contribution in [-0.2, 0) is 0 Å². The van der Waals surface area contributed by atoms with Gasteiger partial charge in [0.15, 0.2) is 0 Å². The average molecular weight is 86.2 g/mol. The van der Waals surface area contributed by atoms with Gasteiger partial charge in [-0.25, -0.2) is 0 Å². The third-order valence-electron chi connectivity index (χ3n) is 1.25. The molecule has 0 aromatic rings. The fraction of sp³-hybridized carbons (Fsp3) is 1.00. The maximum atomic E-state index is 2.36. The van der Waals surface area contributed by atoms with Crippen LogP contribution >= 0.6 is 0 Å². The van der Waals surface area contributed by atoms with Crippen LogP contribution in [0.1, 0.15) is 19.8 Å². The van der Waals surface area contributed by atoms with Gasteiger partial charge in [-0.1, -0.05) is 19.8 Å². The van der Waals surface area contributed by atoms with Crippen LogP contribution in [0.25, 0.3) is 0 Å². The van der Waals surface area contributed by atoms with Crippen molar-refractivity contribution >= 4 is 10.2 Å². The first kappa shape index (κ1) is 3.41. The molecule has 0 N–H and O–H groups in total. The van der Waals surface area contributed by atoms with E-state index in [0.717, 1.165) is 5.04 Å².